The number of ether oxygens (including phenoxy) is 1. The van der Waals surface area contributed by atoms with Gasteiger partial charge in [-0.2, -0.15) is 13.2 Å². The fraction of sp³-hybridized carbons (Fsp3) is 0.304. The number of rotatable bonds is 8. The average molecular weight is 476 g/mol. The van der Waals surface area contributed by atoms with Gasteiger partial charge in [0, 0.05) is 37.0 Å². The molecule has 0 aromatic heterocycles. The highest BCUT2D eigenvalue weighted by Gasteiger charge is 2.34. The van der Waals surface area contributed by atoms with Gasteiger partial charge < -0.3 is 27.0 Å². The summed E-state index contributed by atoms with van der Waals surface area (Å²) in [5.41, 5.74) is 15.8. The van der Waals surface area contributed by atoms with E-state index >= 15 is 0 Å². The lowest BCUT2D eigenvalue weighted by Crippen LogP contribution is -2.33. The number of hydrazine groups is 1. The second-order valence-corrected chi connectivity index (χ2v) is 7.77. The van der Waals surface area contributed by atoms with Gasteiger partial charge in [-0.15, -0.1) is 0 Å². The molecule has 0 unspecified atom stereocenters. The summed E-state index contributed by atoms with van der Waals surface area (Å²) in [5.74, 6) is 6.47. The standard InChI is InChI=1S/C23H28F3N7O/c1-34-19-4-2-3-17(20(19)32-30)22(29)31-8-10-33-9-7-14-5-6-15(11-16(14)13-33)18(12-27)21(28)23(24,25)26/h2-6,11-12,27,32H,7-10,13,28,30H2,1H3,(H2,29,31)/b21-18+,27-12?. The second-order valence-electron chi connectivity index (χ2n) is 7.77. The van der Waals surface area contributed by atoms with Crippen LogP contribution in [-0.4, -0.2) is 49.9 Å². The molecular formula is C23H28F3N7O. The Kier molecular flexibility index (Phi) is 7.79. The second kappa shape index (κ2) is 10.6. The third-order valence-corrected chi connectivity index (χ3v) is 5.71. The fourth-order valence-electron chi connectivity index (χ4n) is 3.90. The summed E-state index contributed by atoms with van der Waals surface area (Å²) in [6, 6.07) is 10.4. The number of hydrogen-bond donors (Lipinski definition) is 5. The summed E-state index contributed by atoms with van der Waals surface area (Å²) >= 11 is 0. The minimum atomic E-state index is -4.70. The average Bonchev–Trinajstić information content (AvgIpc) is 2.82. The van der Waals surface area contributed by atoms with Crippen molar-refractivity contribution in [2.75, 3.05) is 32.2 Å². The summed E-state index contributed by atoms with van der Waals surface area (Å²) in [5, 5.41) is 7.42. The van der Waals surface area contributed by atoms with Crippen LogP contribution < -0.4 is 27.5 Å². The number of halogens is 3. The number of benzene rings is 2. The van der Waals surface area contributed by atoms with Crippen molar-refractivity contribution in [3.8, 4) is 5.75 Å². The van der Waals surface area contributed by atoms with Gasteiger partial charge >= 0.3 is 6.18 Å². The first-order chi connectivity index (χ1) is 16.2. The molecule has 0 spiro atoms. The van der Waals surface area contributed by atoms with Crippen LogP contribution >= 0.6 is 0 Å². The molecule has 2 aromatic rings. The predicted molar refractivity (Wildman–Crippen MR) is 128 cm³/mol. The number of anilines is 1. The Labute approximate surface area is 195 Å². The summed E-state index contributed by atoms with van der Waals surface area (Å²) in [4.78, 5) is 6.61. The van der Waals surface area contributed by atoms with Crippen LogP contribution in [0.2, 0.25) is 0 Å². The van der Waals surface area contributed by atoms with Crippen LogP contribution in [0.1, 0.15) is 22.3 Å². The molecule has 8 nitrogen and oxygen atoms in total. The highest BCUT2D eigenvalue weighted by atomic mass is 19.4. The molecule has 182 valence electrons. The number of allylic oxidation sites excluding steroid dienone is 2. The van der Waals surface area contributed by atoms with Gasteiger partial charge in [-0.25, -0.2) is 0 Å². The minimum Gasteiger partial charge on any atom is -0.495 e. The molecule has 0 amide bonds. The number of nitrogens with two attached hydrogens (primary N) is 3. The molecule has 1 heterocycles. The molecule has 1 aliphatic heterocycles. The first-order valence-corrected chi connectivity index (χ1v) is 10.6. The lowest BCUT2D eigenvalue weighted by Gasteiger charge is -2.28. The highest BCUT2D eigenvalue weighted by molar-refractivity contribution is 6.09. The van der Waals surface area contributed by atoms with E-state index in [9.17, 15) is 13.2 Å². The smallest absolute Gasteiger partial charge is 0.431 e. The molecule has 3 rings (SSSR count). The van der Waals surface area contributed by atoms with Crippen LogP contribution in [0.25, 0.3) is 5.57 Å². The molecule has 0 bridgehead atoms. The zero-order valence-corrected chi connectivity index (χ0v) is 18.7. The first-order valence-electron chi connectivity index (χ1n) is 10.6. The molecular weight excluding hydrogens is 447 g/mol. The van der Waals surface area contributed by atoms with Gasteiger partial charge in [-0.1, -0.05) is 18.2 Å². The lowest BCUT2D eigenvalue weighted by atomic mass is 9.94. The Morgan fingerprint density at radius 1 is 1.24 bits per heavy atom. The number of aliphatic imine (C=N–C) groups is 1. The van der Waals surface area contributed by atoms with E-state index in [1.807, 2.05) is 0 Å². The largest absolute Gasteiger partial charge is 0.495 e. The van der Waals surface area contributed by atoms with Gasteiger partial charge in [0.15, 0.2) is 0 Å². The Bertz CT molecular complexity index is 1110. The summed E-state index contributed by atoms with van der Waals surface area (Å²) in [6.45, 7) is 2.37. The topological polar surface area (TPSA) is 139 Å². The van der Waals surface area contributed by atoms with Crippen LogP contribution in [0.3, 0.4) is 0 Å². The van der Waals surface area contributed by atoms with Crippen molar-refractivity contribution in [3.63, 3.8) is 0 Å². The van der Waals surface area contributed by atoms with E-state index in [1.54, 1.807) is 36.4 Å². The molecule has 0 fully saturated rings. The molecule has 34 heavy (non-hydrogen) atoms. The third kappa shape index (κ3) is 5.49. The Hall–Kier alpha value is -3.57. The number of methoxy groups -OCH3 is 1. The summed E-state index contributed by atoms with van der Waals surface area (Å²) in [6.07, 6.45) is -3.30. The molecule has 11 heteroatoms. The van der Waals surface area contributed by atoms with Gasteiger partial charge in [0.1, 0.15) is 23.0 Å². The van der Waals surface area contributed by atoms with E-state index in [-0.39, 0.29) is 11.1 Å². The predicted octanol–water partition coefficient (Wildman–Crippen LogP) is 2.63. The molecule has 8 N–H and O–H groups in total. The van der Waals surface area contributed by atoms with Crippen molar-refractivity contribution in [3.05, 3.63) is 64.3 Å². The minimum absolute atomic E-state index is 0.271. The van der Waals surface area contributed by atoms with Crippen LogP contribution in [0, 0.1) is 5.41 Å². The zero-order chi connectivity index (χ0) is 24.9. The monoisotopic (exact) mass is 475 g/mol. The Morgan fingerprint density at radius 2 is 2.00 bits per heavy atom. The summed E-state index contributed by atoms with van der Waals surface area (Å²) in [7, 11) is 1.53. The van der Waals surface area contributed by atoms with Crippen LogP contribution in [0.4, 0.5) is 18.9 Å². The van der Waals surface area contributed by atoms with E-state index in [1.165, 1.54) is 7.11 Å². The van der Waals surface area contributed by atoms with Crippen molar-refractivity contribution in [1.82, 2.24) is 4.90 Å². The molecule has 0 radical (unpaired) electrons. The third-order valence-electron chi connectivity index (χ3n) is 5.71. The maximum absolute atomic E-state index is 13.1. The van der Waals surface area contributed by atoms with Gasteiger partial charge in [0.25, 0.3) is 0 Å². The lowest BCUT2D eigenvalue weighted by molar-refractivity contribution is -0.0918. The van der Waals surface area contributed by atoms with Crippen LogP contribution in [-0.2, 0) is 13.0 Å². The van der Waals surface area contributed by atoms with E-state index < -0.39 is 11.9 Å². The Morgan fingerprint density at radius 3 is 2.65 bits per heavy atom. The number of nitrogen functional groups attached to an aromatic ring is 1. The van der Waals surface area contributed by atoms with Gasteiger partial charge in [-0.05, 0) is 41.3 Å². The van der Waals surface area contributed by atoms with Crippen molar-refractivity contribution in [1.29, 1.82) is 5.41 Å². The number of amidine groups is 1. The number of hydrogen-bond acceptors (Lipinski definition) is 7. The van der Waals surface area contributed by atoms with E-state index in [0.29, 0.717) is 48.7 Å². The number of fused-ring (bicyclic) bond motifs is 1. The zero-order valence-electron chi connectivity index (χ0n) is 18.7. The van der Waals surface area contributed by atoms with Gasteiger partial charge in [0.2, 0.25) is 0 Å². The fourth-order valence-corrected chi connectivity index (χ4v) is 3.90. The van der Waals surface area contributed by atoms with E-state index in [0.717, 1.165) is 24.1 Å². The van der Waals surface area contributed by atoms with E-state index in [4.69, 9.17) is 27.5 Å². The summed E-state index contributed by atoms with van der Waals surface area (Å²) < 4.78 is 44.4. The molecule has 0 saturated heterocycles. The number of nitrogens with zero attached hydrogens (tertiary/aromatic N) is 2. The first kappa shape index (κ1) is 25.1. The number of alkyl halides is 3. The van der Waals surface area contributed by atoms with Gasteiger partial charge in [-0.3, -0.25) is 15.7 Å². The molecule has 2 aromatic carbocycles. The van der Waals surface area contributed by atoms with E-state index in [2.05, 4.69) is 15.3 Å². The number of nitrogens with one attached hydrogen (secondary N) is 2. The maximum Gasteiger partial charge on any atom is 0.431 e. The van der Waals surface area contributed by atoms with Crippen LogP contribution in [0.15, 0.2) is 47.1 Å². The number of para-hydroxylation sites is 1. The van der Waals surface area contributed by atoms with Gasteiger partial charge in [0.05, 0.1) is 13.7 Å². The van der Waals surface area contributed by atoms with Crippen molar-refractivity contribution in [2.24, 2.45) is 22.3 Å². The molecule has 0 atom stereocenters. The maximum atomic E-state index is 13.1. The SMILES string of the molecule is COc1cccc(C(N)=NCCN2CCc3ccc(/C(C=N)=C(/N)C(F)(F)F)cc3C2)c1NN. The molecule has 0 saturated carbocycles. The molecule has 1 aliphatic rings. The highest BCUT2D eigenvalue weighted by Crippen LogP contribution is 2.30. The Balaban J connectivity index is 1.73. The molecule has 0 aliphatic carbocycles. The quantitative estimate of drug-likeness (QED) is 0.172. The normalized spacial score (nSPS) is 15.4. The van der Waals surface area contributed by atoms with Crippen LogP contribution in [0.5, 0.6) is 5.75 Å². The van der Waals surface area contributed by atoms with Crippen molar-refractivity contribution >= 4 is 23.3 Å². The van der Waals surface area contributed by atoms with Crippen molar-refractivity contribution in [2.45, 2.75) is 19.1 Å². The van der Waals surface area contributed by atoms with Crippen molar-refractivity contribution < 1.29 is 17.9 Å².